The van der Waals surface area contributed by atoms with Crippen molar-refractivity contribution in [1.29, 1.82) is 0 Å². The Hall–Kier alpha value is -1.51. The van der Waals surface area contributed by atoms with Crippen LogP contribution in [0.4, 0.5) is 5.69 Å². The van der Waals surface area contributed by atoms with Crippen molar-refractivity contribution in [2.75, 3.05) is 19.6 Å². The molecule has 22 heavy (non-hydrogen) atoms. The van der Waals surface area contributed by atoms with Crippen LogP contribution in [0.5, 0.6) is 0 Å². The van der Waals surface area contributed by atoms with Crippen LogP contribution in [0.15, 0.2) is 23.1 Å². The zero-order valence-corrected chi connectivity index (χ0v) is 13.6. The molecular formula is C14H21N3O4S. The Bertz CT molecular complexity index is 667. The molecule has 7 nitrogen and oxygen atoms in total. The second kappa shape index (κ2) is 6.31. The van der Waals surface area contributed by atoms with E-state index < -0.39 is 14.9 Å². The summed E-state index contributed by atoms with van der Waals surface area (Å²) in [6.07, 6.45) is 1.73. The summed E-state index contributed by atoms with van der Waals surface area (Å²) in [7, 11) is -3.92. The van der Waals surface area contributed by atoms with Gasteiger partial charge in [-0.1, -0.05) is 19.1 Å². The molecule has 1 saturated heterocycles. The first-order valence-corrected chi connectivity index (χ1v) is 8.68. The van der Waals surface area contributed by atoms with E-state index in [1.165, 1.54) is 12.1 Å². The summed E-state index contributed by atoms with van der Waals surface area (Å²) in [4.78, 5) is 10.2. The van der Waals surface area contributed by atoms with Gasteiger partial charge in [0.05, 0.1) is 4.92 Å². The zero-order chi connectivity index (χ0) is 16.4. The van der Waals surface area contributed by atoms with Crippen LogP contribution in [0, 0.1) is 22.5 Å². The molecule has 1 aromatic carbocycles. The second-order valence-corrected chi connectivity index (χ2v) is 7.77. The summed E-state index contributed by atoms with van der Waals surface area (Å²) in [6.45, 7) is 5.57. The Balaban J connectivity index is 2.26. The summed E-state index contributed by atoms with van der Waals surface area (Å²) in [5, 5.41) is 14.3. The molecule has 2 rings (SSSR count). The van der Waals surface area contributed by atoms with Gasteiger partial charge in [0.15, 0.2) is 4.90 Å². The number of benzene rings is 1. The predicted octanol–water partition coefficient (Wildman–Crippen LogP) is 1.57. The van der Waals surface area contributed by atoms with Gasteiger partial charge in [0.2, 0.25) is 10.0 Å². The van der Waals surface area contributed by atoms with Crippen molar-refractivity contribution in [3.05, 3.63) is 33.9 Å². The number of rotatable bonds is 5. The number of nitrogens with zero attached hydrogens (tertiary/aromatic N) is 1. The van der Waals surface area contributed by atoms with Gasteiger partial charge in [-0.2, -0.15) is 0 Å². The highest BCUT2D eigenvalue weighted by atomic mass is 32.2. The van der Waals surface area contributed by atoms with E-state index in [9.17, 15) is 18.5 Å². The zero-order valence-electron chi connectivity index (χ0n) is 12.8. The van der Waals surface area contributed by atoms with Crippen molar-refractivity contribution in [1.82, 2.24) is 10.0 Å². The van der Waals surface area contributed by atoms with Gasteiger partial charge in [0.1, 0.15) is 0 Å². The molecule has 0 aliphatic carbocycles. The van der Waals surface area contributed by atoms with Gasteiger partial charge < -0.3 is 5.32 Å². The Morgan fingerprint density at radius 2 is 2.00 bits per heavy atom. The number of hydrogen-bond acceptors (Lipinski definition) is 5. The van der Waals surface area contributed by atoms with E-state index in [0.717, 1.165) is 25.9 Å². The molecule has 0 unspecified atom stereocenters. The summed E-state index contributed by atoms with van der Waals surface area (Å²) in [6, 6.07) is 4.27. The lowest BCUT2D eigenvalue weighted by atomic mass is 9.81. The van der Waals surface area contributed by atoms with Crippen LogP contribution >= 0.6 is 0 Å². The summed E-state index contributed by atoms with van der Waals surface area (Å²) in [5.74, 6) is 0. The largest absolute Gasteiger partial charge is 0.317 e. The lowest BCUT2D eigenvalue weighted by Gasteiger charge is -2.34. The van der Waals surface area contributed by atoms with E-state index in [1.807, 2.05) is 6.92 Å². The van der Waals surface area contributed by atoms with Crippen LogP contribution in [0.2, 0.25) is 0 Å². The third-order valence-electron chi connectivity index (χ3n) is 4.16. The lowest BCUT2D eigenvalue weighted by molar-refractivity contribution is -0.387. The maximum Gasteiger partial charge on any atom is 0.289 e. The third-order valence-corrected chi connectivity index (χ3v) is 5.75. The van der Waals surface area contributed by atoms with Crippen molar-refractivity contribution < 1.29 is 13.3 Å². The van der Waals surface area contributed by atoms with Crippen LogP contribution < -0.4 is 10.0 Å². The minimum atomic E-state index is -3.92. The molecular weight excluding hydrogens is 306 g/mol. The van der Waals surface area contributed by atoms with Crippen molar-refractivity contribution in [2.24, 2.45) is 5.41 Å². The SMILES string of the molecule is Cc1cccc([N+](=O)[O-])c1S(=O)(=O)NCC1(C)CCNCC1. The Kier molecular flexibility index (Phi) is 4.84. The van der Waals surface area contributed by atoms with E-state index >= 15 is 0 Å². The summed E-state index contributed by atoms with van der Waals surface area (Å²) < 4.78 is 27.6. The van der Waals surface area contributed by atoms with Crippen molar-refractivity contribution in [3.8, 4) is 0 Å². The molecule has 2 N–H and O–H groups in total. The Morgan fingerprint density at radius 3 is 2.59 bits per heavy atom. The van der Waals surface area contributed by atoms with Crippen LogP contribution in [0.3, 0.4) is 0 Å². The second-order valence-electron chi connectivity index (χ2n) is 6.07. The van der Waals surface area contributed by atoms with Crippen molar-refractivity contribution in [2.45, 2.75) is 31.6 Å². The Labute approximate surface area is 130 Å². The predicted molar refractivity (Wildman–Crippen MR) is 83.2 cm³/mol. The average molecular weight is 327 g/mol. The average Bonchev–Trinajstić information content (AvgIpc) is 2.46. The molecule has 0 atom stereocenters. The van der Waals surface area contributed by atoms with E-state index in [0.29, 0.717) is 5.56 Å². The molecule has 1 heterocycles. The first-order chi connectivity index (χ1) is 10.3. The fraction of sp³-hybridized carbons (Fsp3) is 0.571. The number of nitro groups is 1. The van der Waals surface area contributed by atoms with E-state index in [-0.39, 0.29) is 22.5 Å². The molecule has 1 aliphatic rings. The highest BCUT2D eigenvalue weighted by Crippen LogP contribution is 2.30. The molecule has 0 saturated carbocycles. The van der Waals surface area contributed by atoms with Gasteiger partial charge in [-0.05, 0) is 43.8 Å². The van der Waals surface area contributed by atoms with Crippen molar-refractivity contribution >= 4 is 15.7 Å². The smallest absolute Gasteiger partial charge is 0.289 e. The number of nitro benzene ring substituents is 1. The van der Waals surface area contributed by atoms with Crippen LogP contribution in [-0.2, 0) is 10.0 Å². The molecule has 0 bridgehead atoms. The first-order valence-electron chi connectivity index (χ1n) is 7.20. The highest BCUT2D eigenvalue weighted by molar-refractivity contribution is 7.89. The fourth-order valence-corrected chi connectivity index (χ4v) is 4.27. The maximum absolute atomic E-state index is 12.5. The number of sulfonamides is 1. The van der Waals surface area contributed by atoms with Crippen molar-refractivity contribution in [3.63, 3.8) is 0 Å². The number of piperidine rings is 1. The standard InChI is InChI=1S/C14H21N3O4S/c1-11-4-3-5-12(17(18)19)13(11)22(20,21)16-10-14(2)6-8-15-9-7-14/h3-5,15-16H,6-10H2,1-2H3. The van der Waals surface area contributed by atoms with Gasteiger partial charge in [-0.25, -0.2) is 13.1 Å². The lowest BCUT2D eigenvalue weighted by Crippen LogP contribution is -2.43. The highest BCUT2D eigenvalue weighted by Gasteiger charge is 2.32. The van der Waals surface area contributed by atoms with E-state index in [2.05, 4.69) is 10.0 Å². The van der Waals surface area contributed by atoms with Gasteiger partial charge in [0.25, 0.3) is 5.69 Å². The van der Waals surface area contributed by atoms with Crippen LogP contribution in [0.1, 0.15) is 25.3 Å². The van der Waals surface area contributed by atoms with Gasteiger partial charge in [-0.15, -0.1) is 0 Å². The molecule has 122 valence electrons. The Morgan fingerprint density at radius 1 is 1.36 bits per heavy atom. The van der Waals surface area contributed by atoms with Gasteiger partial charge in [0, 0.05) is 12.6 Å². The number of hydrogen-bond donors (Lipinski definition) is 2. The summed E-state index contributed by atoms with van der Waals surface area (Å²) in [5.41, 5.74) is -0.143. The van der Waals surface area contributed by atoms with Gasteiger partial charge in [-0.3, -0.25) is 10.1 Å². The molecule has 1 fully saturated rings. The number of aryl methyl sites for hydroxylation is 1. The maximum atomic E-state index is 12.5. The molecule has 0 amide bonds. The quantitative estimate of drug-likeness (QED) is 0.631. The normalized spacial score (nSPS) is 18.1. The molecule has 0 aromatic heterocycles. The van der Waals surface area contributed by atoms with Gasteiger partial charge >= 0.3 is 0 Å². The monoisotopic (exact) mass is 327 g/mol. The van der Waals surface area contributed by atoms with Crippen LogP contribution in [-0.4, -0.2) is 33.0 Å². The topological polar surface area (TPSA) is 101 Å². The minimum Gasteiger partial charge on any atom is -0.317 e. The van der Waals surface area contributed by atoms with E-state index in [4.69, 9.17) is 0 Å². The third kappa shape index (κ3) is 3.63. The minimum absolute atomic E-state index is 0.129. The summed E-state index contributed by atoms with van der Waals surface area (Å²) >= 11 is 0. The molecule has 1 aliphatic heterocycles. The molecule has 0 radical (unpaired) electrons. The van der Waals surface area contributed by atoms with E-state index in [1.54, 1.807) is 13.0 Å². The number of nitrogens with one attached hydrogen (secondary N) is 2. The fourth-order valence-electron chi connectivity index (χ4n) is 2.68. The first kappa shape index (κ1) is 16.9. The van der Waals surface area contributed by atoms with Crippen LogP contribution in [0.25, 0.3) is 0 Å². The molecule has 1 aromatic rings. The molecule has 8 heteroatoms. The molecule has 0 spiro atoms.